The van der Waals surface area contributed by atoms with E-state index < -0.39 is 14.0 Å². The average Bonchev–Trinajstić information content (AvgIpc) is 2.75. The first-order valence-electron chi connectivity index (χ1n) is 10.5. The molecule has 0 saturated carbocycles. The van der Waals surface area contributed by atoms with Gasteiger partial charge in [-0.15, -0.1) is 0 Å². The SMILES string of the molecule is CC(=O)NC[P+]([O-])=N[C@@H](CC(C)C)C(=O)NCCCc1ccc(-c2cccnc2)cc1. The molecule has 1 aromatic heterocycles. The molecular formula is C23H31N4O3P. The Morgan fingerprint density at radius 3 is 2.48 bits per heavy atom. The van der Waals surface area contributed by atoms with Crippen molar-refractivity contribution < 1.29 is 14.5 Å². The maximum absolute atomic E-state index is 12.5. The van der Waals surface area contributed by atoms with Crippen LogP contribution >= 0.6 is 7.94 Å². The lowest BCUT2D eigenvalue weighted by atomic mass is 10.0. The highest BCUT2D eigenvalue weighted by molar-refractivity contribution is 7.39. The summed E-state index contributed by atoms with van der Waals surface area (Å²) in [7, 11) is -2.01. The number of pyridine rings is 1. The predicted octanol–water partition coefficient (Wildman–Crippen LogP) is 3.25. The fraction of sp³-hybridized carbons (Fsp3) is 0.435. The minimum Gasteiger partial charge on any atom is -0.611 e. The molecule has 7 nitrogen and oxygen atoms in total. The van der Waals surface area contributed by atoms with Gasteiger partial charge in [-0.3, -0.25) is 14.6 Å². The number of aryl methyl sites for hydroxylation is 1. The number of hydrogen-bond donors (Lipinski definition) is 2. The molecule has 8 heteroatoms. The summed E-state index contributed by atoms with van der Waals surface area (Å²) in [6.45, 7) is 5.86. The molecule has 166 valence electrons. The second kappa shape index (κ2) is 12.9. The first-order chi connectivity index (χ1) is 14.8. The van der Waals surface area contributed by atoms with Gasteiger partial charge in [0.2, 0.25) is 11.8 Å². The smallest absolute Gasteiger partial charge is 0.248 e. The predicted molar refractivity (Wildman–Crippen MR) is 122 cm³/mol. The highest BCUT2D eigenvalue weighted by Gasteiger charge is 2.22. The average molecular weight is 443 g/mol. The van der Waals surface area contributed by atoms with Crippen LogP contribution in [0.3, 0.4) is 0 Å². The van der Waals surface area contributed by atoms with E-state index in [0.717, 1.165) is 24.0 Å². The van der Waals surface area contributed by atoms with Crippen LogP contribution in [-0.2, 0) is 16.0 Å². The van der Waals surface area contributed by atoms with E-state index in [0.29, 0.717) is 13.0 Å². The van der Waals surface area contributed by atoms with Gasteiger partial charge in [0.05, 0.1) is 0 Å². The zero-order valence-electron chi connectivity index (χ0n) is 18.4. The molecule has 0 bridgehead atoms. The van der Waals surface area contributed by atoms with Gasteiger partial charge in [0.1, 0.15) is 0 Å². The molecule has 0 saturated heterocycles. The maximum Gasteiger partial charge on any atom is 0.248 e. The Balaban J connectivity index is 1.82. The molecule has 0 aliphatic rings. The molecule has 0 aliphatic carbocycles. The van der Waals surface area contributed by atoms with Gasteiger partial charge < -0.3 is 15.5 Å². The van der Waals surface area contributed by atoms with E-state index in [4.69, 9.17) is 0 Å². The Morgan fingerprint density at radius 1 is 1.13 bits per heavy atom. The van der Waals surface area contributed by atoms with E-state index in [9.17, 15) is 14.5 Å². The van der Waals surface area contributed by atoms with E-state index >= 15 is 0 Å². The van der Waals surface area contributed by atoms with Crippen LogP contribution in [-0.4, -0.2) is 35.7 Å². The van der Waals surface area contributed by atoms with Crippen molar-refractivity contribution in [3.8, 4) is 11.1 Å². The van der Waals surface area contributed by atoms with E-state index in [1.807, 2.05) is 32.2 Å². The summed E-state index contributed by atoms with van der Waals surface area (Å²) in [6.07, 6.45) is 5.71. The molecule has 0 aliphatic heterocycles. The number of nitrogens with one attached hydrogen (secondary N) is 2. The molecule has 31 heavy (non-hydrogen) atoms. The largest absolute Gasteiger partial charge is 0.611 e. The number of aromatic nitrogens is 1. The molecule has 2 amide bonds. The quantitative estimate of drug-likeness (QED) is 0.411. The summed E-state index contributed by atoms with van der Waals surface area (Å²) in [4.78, 5) is 39.7. The number of nitrogens with zero attached hydrogens (tertiary/aromatic N) is 2. The first-order valence-corrected chi connectivity index (χ1v) is 11.9. The highest BCUT2D eigenvalue weighted by atomic mass is 31.1. The third-order valence-corrected chi connectivity index (χ3v) is 5.58. The molecule has 2 atom stereocenters. The Bertz CT molecular complexity index is 870. The second-order valence-electron chi connectivity index (χ2n) is 7.84. The van der Waals surface area contributed by atoms with Crippen LogP contribution in [0.25, 0.3) is 11.1 Å². The molecule has 0 radical (unpaired) electrons. The fourth-order valence-electron chi connectivity index (χ4n) is 3.05. The standard InChI is InChI=1S/C23H31N4O3P/c1-17(2)14-22(27-31(30)16-26-18(3)28)23(29)25-13-4-6-19-8-10-20(11-9-19)21-7-5-12-24-15-21/h5,7-12,15,17,22H,4,6,13-14,16H2,1-3H3,(H,25,29)(H,26,28)/t22-/m0/s1. The van der Waals surface area contributed by atoms with E-state index in [-0.39, 0.29) is 24.0 Å². The molecule has 2 rings (SSSR count). The molecule has 1 aromatic carbocycles. The van der Waals surface area contributed by atoms with Crippen LogP contribution in [0, 0.1) is 5.92 Å². The third-order valence-electron chi connectivity index (χ3n) is 4.62. The number of amides is 2. The van der Waals surface area contributed by atoms with Gasteiger partial charge in [0.15, 0.2) is 20.3 Å². The first kappa shape index (κ1) is 24.6. The van der Waals surface area contributed by atoms with Crippen molar-refractivity contribution in [2.75, 3.05) is 12.8 Å². The number of benzene rings is 1. The molecule has 2 aromatic rings. The normalized spacial score (nSPS) is 12.5. The lowest BCUT2D eigenvalue weighted by molar-refractivity contribution is -0.157. The Labute approximate surface area is 185 Å². The van der Waals surface area contributed by atoms with Gasteiger partial charge >= 0.3 is 0 Å². The van der Waals surface area contributed by atoms with Gasteiger partial charge in [0.25, 0.3) is 0 Å². The van der Waals surface area contributed by atoms with Crippen molar-refractivity contribution in [1.82, 2.24) is 15.6 Å². The zero-order chi connectivity index (χ0) is 22.6. The van der Waals surface area contributed by atoms with Gasteiger partial charge in [-0.25, -0.2) is 0 Å². The summed E-state index contributed by atoms with van der Waals surface area (Å²) in [5.74, 6) is -0.245. The van der Waals surface area contributed by atoms with Crippen LogP contribution in [0.5, 0.6) is 0 Å². The second-order valence-corrected chi connectivity index (χ2v) is 9.09. The van der Waals surface area contributed by atoms with Crippen LogP contribution in [0.15, 0.2) is 53.5 Å². The van der Waals surface area contributed by atoms with Crippen molar-refractivity contribution in [3.05, 3.63) is 54.4 Å². The van der Waals surface area contributed by atoms with Crippen molar-refractivity contribution >= 4 is 19.8 Å². The number of rotatable bonds is 11. The summed E-state index contributed by atoms with van der Waals surface area (Å²) in [5, 5.41) is 5.39. The summed E-state index contributed by atoms with van der Waals surface area (Å²) in [6, 6.07) is 11.6. The monoisotopic (exact) mass is 442 g/mol. The minimum absolute atomic E-state index is 0.0401. The minimum atomic E-state index is -2.01. The van der Waals surface area contributed by atoms with E-state index in [1.54, 1.807) is 6.20 Å². The number of carbonyl (C=O) groups is 2. The Kier molecular flexibility index (Phi) is 10.3. The van der Waals surface area contributed by atoms with Gasteiger partial charge in [-0.2, -0.15) is 0 Å². The zero-order valence-corrected chi connectivity index (χ0v) is 19.3. The Hall–Kier alpha value is -2.63. The fourth-order valence-corrected chi connectivity index (χ4v) is 4.00. The third kappa shape index (κ3) is 9.37. The lowest BCUT2D eigenvalue weighted by Crippen LogP contribution is -2.35. The van der Waals surface area contributed by atoms with Crippen molar-refractivity contribution in [2.45, 2.75) is 46.1 Å². The van der Waals surface area contributed by atoms with Crippen molar-refractivity contribution in [1.29, 1.82) is 0 Å². The molecule has 0 fully saturated rings. The maximum atomic E-state index is 12.5. The molecule has 2 N–H and O–H groups in total. The molecular weight excluding hydrogens is 411 g/mol. The van der Waals surface area contributed by atoms with Gasteiger partial charge in [0, 0.05) is 25.9 Å². The topological polar surface area (TPSA) is 107 Å². The lowest BCUT2D eigenvalue weighted by Gasteiger charge is -2.14. The van der Waals surface area contributed by atoms with Gasteiger partial charge in [-0.1, -0.05) is 48.9 Å². The summed E-state index contributed by atoms with van der Waals surface area (Å²) in [5.41, 5.74) is 3.40. The highest BCUT2D eigenvalue weighted by Crippen LogP contribution is 2.20. The van der Waals surface area contributed by atoms with Crippen LogP contribution < -0.4 is 15.5 Å². The molecule has 1 heterocycles. The van der Waals surface area contributed by atoms with Crippen molar-refractivity contribution in [3.63, 3.8) is 0 Å². The molecule has 0 spiro atoms. The van der Waals surface area contributed by atoms with Crippen LogP contribution in [0.4, 0.5) is 0 Å². The summed E-state index contributed by atoms with van der Waals surface area (Å²) < 4.78 is 4.14. The van der Waals surface area contributed by atoms with E-state index in [1.165, 1.54) is 12.5 Å². The van der Waals surface area contributed by atoms with Crippen molar-refractivity contribution in [2.24, 2.45) is 10.7 Å². The van der Waals surface area contributed by atoms with Gasteiger partial charge in [-0.05, 0) is 47.9 Å². The molecule has 1 unspecified atom stereocenters. The van der Waals surface area contributed by atoms with E-state index in [2.05, 4.69) is 44.6 Å². The van der Waals surface area contributed by atoms with Crippen LogP contribution in [0.2, 0.25) is 0 Å². The summed E-state index contributed by atoms with van der Waals surface area (Å²) >= 11 is 0. The number of carbonyl (C=O) groups excluding carboxylic acids is 2. The number of hydrogen-bond acceptors (Lipinski definition) is 5. The van der Waals surface area contributed by atoms with Crippen LogP contribution in [0.1, 0.15) is 39.2 Å². The Morgan fingerprint density at radius 2 is 1.87 bits per heavy atom.